The van der Waals surface area contributed by atoms with Crippen molar-refractivity contribution in [2.45, 2.75) is 38.8 Å². The largest absolute Gasteiger partial charge is 0.444 e. The number of para-hydroxylation sites is 1. The second kappa shape index (κ2) is 8.45. The summed E-state index contributed by atoms with van der Waals surface area (Å²) >= 11 is 0. The number of benzene rings is 1. The number of piperidine rings is 1. The van der Waals surface area contributed by atoms with E-state index in [0.29, 0.717) is 18.8 Å². The van der Waals surface area contributed by atoms with Crippen molar-refractivity contribution in [2.75, 3.05) is 18.4 Å². The highest BCUT2D eigenvalue weighted by Crippen LogP contribution is 2.31. The summed E-state index contributed by atoms with van der Waals surface area (Å²) in [6.45, 7) is 6.05. The summed E-state index contributed by atoms with van der Waals surface area (Å²) < 4.78 is 7.02. The van der Waals surface area contributed by atoms with Crippen molar-refractivity contribution in [1.29, 1.82) is 5.26 Å². The lowest BCUT2D eigenvalue weighted by Gasteiger charge is -2.36. The number of aromatic nitrogens is 2. The van der Waals surface area contributed by atoms with Gasteiger partial charge in [0.1, 0.15) is 11.2 Å². The lowest BCUT2D eigenvalue weighted by Crippen LogP contribution is -2.46. The molecule has 0 saturated carbocycles. The molecule has 2 atom stereocenters. The van der Waals surface area contributed by atoms with Crippen LogP contribution in [0.25, 0.3) is 0 Å². The average Bonchev–Trinajstić information content (AvgIpc) is 3.10. The first-order valence-electron chi connectivity index (χ1n) is 9.76. The van der Waals surface area contributed by atoms with Crippen LogP contribution in [0.2, 0.25) is 0 Å². The van der Waals surface area contributed by atoms with Crippen LogP contribution in [0.1, 0.15) is 43.6 Å². The number of likely N-dealkylation sites (tertiary alicyclic amines) is 1. The first kappa shape index (κ1) is 21.2. The van der Waals surface area contributed by atoms with E-state index in [0.717, 1.165) is 5.69 Å². The van der Waals surface area contributed by atoms with Crippen LogP contribution in [0, 0.1) is 17.2 Å². The summed E-state index contributed by atoms with van der Waals surface area (Å²) in [5, 5.41) is 17.3. The molecule has 1 aromatic carbocycles. The fourth-order valence-electron chi connectivity index (χ4n) is 3.37. The van der Waals surface area contributed by atoms with E-state index in [1.54, 1.807) is 31.6 Å². The second-order valence-electron chi connectivity index (χ2n) is 8.24. The Labute approximate surface area is 175 Å². The SMILES string of the molecule is CC(C)(C)OC(=O)N1CCC(n2cc(C(N)=O)c(Nc3ccccc3)n2)C(C#N)C1. The zero-order valence-corrected chi connectivity index (χ0v) is 17.3. The Morgan fingerprint density at radius 2 is 2.00 bits per heavy atom. The standard InChI is InChI=1S/C21H26N6O3/c1-21(2,3)30-20(29)26-10-9-17(14(11-22)12-26)27-13-16(18(23)28)19(25-27)24-15-7-5-4-6-8-15/h4-8,13-14,17H,9-10,12H2,1-3H3,(H2,23,28)(H,24,25). The quantitative estimate of drug-likeness (QED) is 0.798. The van der Waals surface area contributed by atoms with Gasteiger partial charge in [0, 0.05) is 25.0 Å². The van der Waals surface area contributed by atoms with Gasteiger partial charge in [-0.3, -0.25) is 9.48 Å². The second-order valence-corrected chi connectivity index (χ2v) is 8.24. The lowest BCUT2D eigenvalue weighted by atomic mass is 9.94. The van der Waals surface area contributed by atoms with Gasteiger partial charge in [0.2, 0.25) is 0 Å². The molecule has 2 heterocycles. The van der Waals surface area contributed by atoms with Crippen LogP contribution in [0.5, 0.6) is 0 Å². The molecule has 9 heteroatoms. The number of anilines is 2. The van der Waals surface area contributed by atoms with E-state index in [2.05, 4.69) is 16.5 Å². The van der Waals surface area contributed by atoms with Crippen LogP contribution in [-0.4, -0.2) is 45.4 Å². The molecule has 0 spiro atoms. The number of nitrogens with one attached hydrogen (secondary N) is 1. The molecule has 0 radical (unpaired) electrons. The van der Waals surface area contributed by atoms with Gasteiger partial charge in [0.15, 0.2) is 5.82 Å². The molecule has 0 aliphatic carbocycles. The molecule has 3 rings (SSSR count). The Balaban J connectivity index is 1.80. The highest BCUT2D eigenvalue weighted by Gasteiger charge is 2.35. The lowest BCUT2D eigenvalue weighted by molar-refractivity contribution is 0.0143. The van der Waals surface area contributed by atoms with E-state index in [-0.39, 0.29) is 18.2 Å². The molecule has 1 aliphatic heterocycles. The van der Waals surface area contributed by atoms with Gasteiger partial charge >= 0.3 is 6.09 Å². The Hall–Kier alpha value is -3.54. The van der Waals surface area contributed by atoms with Gasteiger partial charge in [-0.1, -0.05) is 18.2 Å². The van der Waals surface area contributed by atoms with E-state index in [9.17, 15) is 14.9 Å². The summed E-state index contributed by atoms with van der Waals surface area (Å²) in [5.41, 5.74) is 5.93. The fraction of sp³-hybridized carbons (Fsp3) is 0.429. The number of ether oxygens (including phenoxy) is 1. The van der Waals surface area contributed by atoms with Gasteiger partial charge in [-0.15, -0.1) is 0 Å². The molecule has 1 aromatic heterocycles. The minimum absolute atomic E-state index is 0.225. The number of amides is 2. The summed E-state index contributed by atoms with van der Waals surface area (Å²) in [6, 6.07) is 11.3. The normalized spacial score (nSPS) is 19.1. The number of hydrogen-bond donors (Lipinski definition) is 2. The van der Waals surface area contributed by atoms with Crippen molar-refractivity contribution < 1.29 is 14.3 Å². The maximum absolute atomic E-state index is 12.4. The number of nitriles is 1. The third-order valence-electron chi connectivity index (χ3n) is 4.77. The topological polar surface area (TPSA) is 126 Å². The maximum atomic E-state index is 12.4. The minimum atomic E-state index is -0.612. The molecule has 1 fully saturated rings. The van der Waals surface area contributed by atoms with Crippen molar-refractivity contribution >= 4 is 23.5 Å². The van der Waals surface area contributed by atoms with E-state index >= 15 is 0 Å². The van der Waals surface area contributed by atoms with E-state index < -0.39 is 23.5 Å². The Bertz CT molecular complexity index is 957. The van der Waals surface area contributed by atoms with Crippen molar-refractivity contribution in [2.24, 2.45) is 11.7 Å². The molecule has 1 aliphatic rings. The Morgan fingerprint density at radius 1 is 1.30 bits per heavy atom. The predicted octanol–water partition coefficient (Wildman–Crippen LogP) is 3.05. The molecule has 0 bridgehead atoms. The number of nitrogens with two attached hydrogens (primary N) is 1. The summed E-state index contributed by atoms with van der Waals surface area (Å²) in [5.74, 6) is -0.782. The summed E-state index contributed by atoms with van der Waals surface area (Å²) in [7, 11) is 0. The minimum Gasteiger partial charge on any atom is -0.444 e. The Kier molecular flexibility index (Phi) is 5.96. The zero-order chi connectivity index (χ0) is 21.9. The number of carbonyl (C=O) groups is 2. The van der Waals surface area contributed by atoms with Gasteiger partial charge in [0.25, 0.3) is 5.91 Å². The molecule has 2 aromatic rings. The third-order valence-corrected chi connectivity index (χ3v) is 4.77. The molecule has 2 unspecified atom stereocenters. The number of rotatable bonds is 4. The summed E-state index contributed by atoms with van der Waals surface area (Å²) in [4.78, 5) is 25.8. The number of primary amides is 1. The molecular weight excluding hydrogens is 384 g/mol. The van der Waals surface area contributed by atoms with Gasteiger partial charge in [-0.25, -0.2) is 4.79 Å². The first-order valence-corrected chi connectivity index (χ1v) is 9.76. The fourth-order valence-corrected chi connectivity index (χ4v) is 3.37. The monoisotopic (exact) mass is 410 g/mol. The van der Waals surface area contributed by atoms with E-state index in [1.807, 2.05) is 30.3 Å². The van der Waals surface area contributed by atoms with Gasteiger partial charge in [0.05, 0.1) is 18.0 Å². The van der Waals surface area contributed by atoms with Crippen molar-refractivity contribution in [3.8, 4) is 6.07 Å². The van der Waals surface area contributed by atoms with E-state index in [4.69, 9.17) is 10.5 Å². The molecule has 3 N–H and O–H groups in total. The zero-order valence-electron chi connectivity index (χ0n) is 17.3. The van der Waals surface area contributed by atoms with Gasteiger partial charge in [-0.05, 0) is 39.3 Å². The van der Waals surface area contributed by atoms with Crippen molar-refractivity contribution in [1.82, 2.24) is 14.7 Å². The highest BCUT2D eigenvalue weighted by atomic mass is 16.6. The molecule has 158 valence electrons. The molecule has 2 amide bonds. The third kappa shape index (κ3) is 4.89. The van der Waals surface area contributed by atoms with Crippen LogP contribution in [0.4, 0.5) is 16.3 Å². The van der Waals surface area contributed by atoms with Crippen LogP contribution < -0.4 is 11.1 Å². The number of hydrogen-bond acceptors (Lipinski definition) is 6. The predicted molar refractivity (Wildman–Crippen MR) is 111 cm³/mol. The smallest absolute Gasteiger partial charge is 0.410 e. The van der Waals surface area contributed by atoms with Crippen LogP contribution in [0.3, 0.4) is 0 Å². The van der Waals surface area contributed by atoms with E-state index in [1.165, 1.54) is 4.90 Å². The van der Waals surface area contributed by atoms with Crippen LogP contribution in [0.15, 0.2) is 36.5 Å². The number of nitrogens with zero attached hydrogens (tertiary/aromatic N) is 4. The molecular formula is C21H26N6O3. The molecule has 1 saturated heterocycles. The molecule has 9 nitrogen and oxygen atoms in total. The first-order chi connectivity index (χ1) is 14.2. The number of carbonyl (C=O) groups excluding carboxylic acids is 2. The average molecular weight is 410 g/mol. The maximum Gasteiger partial charge on any atom is 0.410 e. The van der Waals surface area contributed by atoms with Crippen molar-refractivity contribution in [3.63, 3.8) is 0 Å². The summed E-state index contributed by atoms with van der Waals surface area (Å²) in [6.07, 6.45) is 1.62. The Morgan fingerprint density at radius 3 is 2.60 bits per heavy atom. The van der Waals surface area contributed by atoms with Crippen LogP contribution in [-0.2, 0) is 4.74 Å². The van der Waals surface area contributed by atoms with Gasteiger partial charge in [-0.2, -0.15) is 10.4 Å². The molecule has 30 heavy (non-hydrogen) atoms. The van der Waals surface area contributed by atoms with Gasteiger partial charge < -0.3 is 20.7 Å². The van der Waals surface area contributed by atoms with Crippen LogP contribution >= 0.6 is 0 Å². The highest BCUT2D eigenvalue weighted by molar-refractivity contribution is 5.98. The van der Waals surface area contributed by atoms with Crippen molar-refractivity contribution in [3.05, 3.63) is 42.1 Å².